The minimum atomic E-state index is -0.686. The lowest BCUT2D eigenvalue weighted by atomic mass is 10.1. The molecule has 1 aromatic carbocycles. The molecule has 1 fully saturated rings. The number of nitrogens with one attached hydrogen (secondary N) is 2. The smallest absolute Gasteiger partial charge is 0.309 e. The molecule has 0 saturated heterocycles. The topological polar surface area (TPSA) is 87.7 Å². The zero-order valence-corrected chi connectivity index (χ0v) is 12.0. The SMILES string of the molecule is COc1ccccc1CNC(=O)C(=O)NCC1(CO)CC1. The van der Waals surface area contributed by atoms with Crippen LogP contribution >= 0.6 is 0 Å². The van der Waals surface area contributed by atoms with E-state index in [1.807, 2.05) is 18.2 Å². The fourth-order valence-electron chi connectivity index (χ4n) is 2.02. The lowest BCUT2D eigenvalue weighted by Gasteiger charge is -2.13. The molecule has 2 rings (SSSR count). The van der Waals surface area contributed by atoms with Crippen molar-refractivity contribution < 1.29 is 19.4 Å². The Morgan fingerprint density at radius 1 is 1.24 bits per heavy atom. The molecule has 1 aliphatic rings. The molecule has 1 saturated carbocycles. The van der Waals surface area contributed by atoms with E-state index in [2.05, 4.69) is 10.6 Å². The van der Waals surface area contributed by atoms with Gasteiger partial charge in [0.2, 0.25) is 0 Å². The fraction of sp³-hybridized carbons (Fsp3) is 0.467. The summed E-state index contributed by atoms with van der Waals surface area (Å²) in [5, 5.41) is 14.3. The van der Waals surface area contributed by atoms with Crippen LogP contribution in [0.4, 0.5) is 0 Å². The van der Waals surface area contributed by atoms with Crippen LogP contribution in [0.15, 0.2) is 24.3 Å². The van der Waals surface area contributed by atoms with Crippen molar-refractivity contribution in [2.24, 2.45) is 5.41 Å². The Morgan fingerprint density at radius 2 is 1.90 bits per heavy atom. The summed E-state index contributed by atoms with van der Waals surface area (Å²) in [6.45, 7) is 0.599. The number of amides is 2. The van der Waals surface area contributed by atoms with E-state index in [1.165, 1.54) is 0 Å². The summed E-state index contributed by atoms with van der Waals surface area (Å²) in [6, 6.07) is 7.28. The number of carbonyl (C=O) groups is 2. The summed E-state index contributed by atoms with van der Waals surface area (Å²) in [7, 11) is 1.55. The van der Waals surface area contributed by atoms with E-state index >= 15 is 0 Å². The number of carbonyl (C=O) groups excluding carboxylic acids is 2. The van der Waals surface area contributed by atoms with Crippen LogP contribution in [0.1, 0.15) is 18.4 Å². The van der Waals surface area contributed by atoms with E-state index in [0.29, 0.717) is 12.3 Å². The number of aliphatic hydroxyl groups excluding tert-OH is 1. The molecular formula is C15H20N2O4. The number of hydrogen-bond donors (Lipinski definition) is 3. The van der Waals surface area contributed by atoms with E-state index < -0.39 is 11.8 Å². The first kappa shape index (κ1) is 15.3. The molecule has 0 unspecified atom stereocenters. The molecule has 0 aromatic heterocycles. The van der Waals surface area contributed by atoms with Gasteiger partial charge in [-0.3, -0.25) is 9.59 Å². The summed E-state index contributed by atoms with van der Waals surface area (Å²) in [4.78, 5) is 23.4. The van der Waals surface area contributed by atoms with Crippen molar-refractivity contribution in [3.8, 4) is 5.75 Å². The zero-order chi connectivity index (χ0) is 15.3. The third-order valence-electron chi connectivity index (χ3n) is 3.75. The number of rotatable bonds is 6. The Hall–Kier alpha value is -2.08. The maximum atomic E-state index is 11.7. The monoisotopic (exact) mass is 292 g/mol. The van der Waals surface area contributed by atoms with Gasteiger partial charge in [-0.25, -0.2) is 0 Å². The fourth-order valence-corrected chi connectivity index (χ4v) is 2.02. The van der Waals surface area contributed by atoms with Gasteiger partial charge < -0.3 is 20.5 Å². The van der Waals surface area contributed by atoms with Crippen molar-refractivity contribution in [3.63, 3.8) is 0 Å². The van der Waals surface area contributed by atoms with E-state index in [-0.39, 0.29) is 18.6 Å². The maximum Gasteiger partial charge on any atom is 0.309 e. The Kier molecular flexibility index (Phi) is 4.80. The Labute approximate surface area is 123 Å². The van der Waals surface area contributed by atoms with E-state index in [4.69, 9.17) is 9.84 Å². The second-order valence-corrected chi connectivity index (χ2v) is 5.34. The number of para-hydroxylation sites is 1. The predicted molar refractivity (Wildman–Crippen MR) is 76.6 cm³/mol. The molecule has 3 N–H and O–H groups in total. The van der Waals surface area contributed by atoms with Crippen molar-refractivity contribution in [1.29, 1.82) is 0 Å². The number of ether oxygens (including phenoxy) is 1. The van der Waals surface area contributed by atoms with Gasteiger partial charge in [0, 0.05) is 24.1 Å². The minimum Gasteiger partial charge on any atom is -0.496 e. The molecule has 6 heteroatoms. The van der Waals surface area contributed by atoms with Crippen LogP contribution in [0.25, 0.3) is 0 Å². The lowest BCUT2D eigenvalue weighted by molar-refractivity contribution is -0.139. The van der Waals surface area contributed by atoms with Crippen molar-refractivity contribution in [2.45, 2.75) is 19.4 Å². The highest BCUT2D eigenvalue weighted by atomic mass is 16.5. The third-order valence-corrected chi connectivity index (χ3v) is 3.75. The molecule has 0 atom stereocenters. The summed E-state index contributed by atoms with van der Waals surface area (Å²) < 4.78 is 5.17. The molecule has 1 aromatic rings. The van der Waals surface area contributed by atoms with Gasteiger partial charge in [0.25, 0.3) is 0 Å². The van der Waals surface area contributed by atoms with Gasteiger partial charge in [0.1, 0.15) is 5.75 Å². The van der Waals surface area contributed by atoms with Crippen molar-refractivity contribution in [1.82, 2.24) is 10.6 Å². The number of methoxy groups -OCH3 is 1. The molecule has 0 radical (unpaired) electrons. The van der Waals surface area contributed by atoms with Crippen molar-refractivity contribution in [3.05, 3.63) is 29.8 Å². The molecule has 2 amide bonds. The molecule has 0 heterocycles. The second kappa shape index (κ2) is 6.58. The largest absolute Gasteiger partial charge is 0.496 e. The van der Waals surface area contributed by atoms with Crippen LogP contribution in [-0.4, -0.2) is 37.2 Å². The molecule has 0 spiro atoms. The first-order chi connectivity index (χ1) is 10.1. The average molecular weight is 292 g/mol. The van der Waals surface area contributed by atoms with Crippen molar-refractivity contribution >= 4 is 11.8 Å². The van der Waals surface area contributed by atoms with E-state index in [9.17, 15) is 9.59 Å². The highest BCUT2D eigenvalue weighted by Crippen LogP contribution is 2.44. The predicted octanol–water partition coefficient (Wildman–Crippen LogP) is 0.200. The van der Waals surface area contributed by atoms with Gasteiger partial charge in [-0.15, -0.1) is 0 Å². The van der Waals surface area contributed by atoms with Crippen LogP contribution in [0.3, 0.4) is 0 Å². The zero-order valence-electron chi connectivity index (χ0n) is 12.0. The molecular weight excluding hydrogens is 272 g/mol. The van der Waals surface area contributed by atoms with Gasteiger partial charge in [-0.05, 0) is 18.9 Å². The maximum absolute atomic E-state index is 11.7. The molecule has 114 valence electrons. The summed E-state index contributed by atoms with van der Waals surface area (Å²) in [6.07, 6.45) is 1.76. The third kappa shape index (κ3) is 3.95. The first-order valence-corrected chi connectivity index (χ1v) is 6.89. The molecule has 21 heavy (non-hydrogen) atoms. The summed E-state index contributed by atoms with van der Waals surface area (Å²) in [5.41, 5.74) is 0.591. The first-order valence-electron chi connectivity index (χ1n) is 6.89. The van der Waals surface area contributed by atoms with Gasteiger partial charge in [-0.1, -0.05) is 18.2 Å². The van der Waals surface area contributed by atoms with Crippen LogP contribution in [0.5, 0.6) is 5.75 Å². The van der Waals surface area contributed by atoms with Gasteiger partial charge in [0.05, 0.1) is 13.7 Å². The molecule has 6 nitrogen and oxygen atoms in total. The summed E-state index contributed by atoms with van der Waals surface area (Å²) >= 11 is 0. The van der Waals surface area contributed by atoms with Gasteiger partial charge in [-0.2, -0.15) is 0 Å². The number of hydrogen-bond acceptors (Lipinski definition) is 4. The summed E-state index contributed by atoms with van der Waals surface area (Å²) in [5.74, 6) is -0.699. The van der Waals surface area contributed by atoms with Crippen LogP contribution in [0, 0.1) is 5.41 Å². The second-order valence-electron chi connectivity index (χ2n) is 5.34. The standard InChI is InChI=1S/C15H20N2O4/c1-21-12-5-3-2-4-11(12)8-16-13(19)14(20)17-9-15(10-18)6-7-15/h2-5,18H,6-10H2,1H3,(H,16,19)(H,17,20). The number of benzene rings is 1. The molecule has 1 aliphatic carbocycles. The minimum absolute atomic E-state index is 0.0378. The lowest BCUT2D eigenvalue weighted by Crippen LogP contribution is -2.42. The normalized spacial score (nSPS) is 15.1. The van der Waals surface area contributed by atoms with Gasteiger partial charge in [0.15, 0.2) is 0 Å². The van der Waals surface area contributed by atoms with Gasteiger partial charge >= 0.3 is 11.8 Å². The van der Waals surface area contributed by atoms with Crippen molar-refractivity contribution in [2.75, 3.05) is 20.3 Å². The molecule has 0 aliphatic heterocycles. The van der Waals surface area contributed by atoms with Crippen LogP contribution in [-0.2, 0) is 16.1 Å². The highest BCUT2D eigenvalue weighted by Gasteiger charge is 2.42. The van der Waals surface area contributed by atoms with Crippen LogP contribution < -0.4 is 15.4 Å². The highest BCUT2D eigenvalue weighted by molar-refractivity contribution is 6.35. The average Bonchev–Trinajstić information content (AvgIpc) is 3.31. The van der Waals surface area contributed by atoms with E-state index in [0.717, 1.165) is 18.4 Å². The quantitative estimate of drug-likeness (QED) is 0.654. The van der Waals surface area contributed by atoms with E-state index in [1.54, 1.807) is 13.2 Å². The Bertz CT molecular complexity index is 526. The van der Waals surface area contributed by atoms with Crippen LogP contribution in [0.2, 0.25) is 0 Å². The Morgan fingerprint density at radius 3 is 2.52 bits per heavy atom. The number of aliphatic hydroxyl groups is 1. The molecule has 0 bridgehead atoms. The Balaban J connectivity index is 1.79.